The molecule has 1 unspecified atom stereocenters. The van der Waals surface area contributed by atoms with Crippen molar-refractivity contribution in [3.05, 3.63) is 29.8 Å². The van der Waals surface area contributed by atoms with Gasteiger partial charge in [0.2, 0.25) is 0 Å². The van der Waals surface area contributed by atoms with Crippen molar-refractivity contribution in [3.8, 4) is 5.75 Å². The number of nitrogens with zero attached hydrogens (tertiary/aromatic N) is 1. The fraction of sp³-hybridized carbons (Fsp3) is 0.417. The topological polar surface area (TPSA) is 49.8 Å². The first-order valence-corrected chi connectivity index (χ1v) is 5.19. The molecule has 1 fully saturated rings. The minimum atomic E-state index is -0.281. The summed E-state index contributed by atoms with van der Waals surface area (Å²) in [5, 5.41) is 9.24. The second-order valence-corrected chi connectivity index (χ2v) is 4.52. The van der Waals surface area contributed by atoms with Crippen LogP contribution < -0.4 is 0 Å². The molecule has 0 aromatic heterocycles. The number of carbonyl (C=O) groups is 1. The maximum atomic E-state index is 11.2. The Hall–Kier alpha value is -1.71. The second-order valence-electron chi connectivity index (χ2n) is 4.52. The van der Waals surface area contributed by atoms with Crippen LogP contribution in [-0.4, -0.2) is 36.3 Å². The van der Waals surface area contributed by atoms with Crippen LogP contribution in [0.2, 0.25) is 0 Å². The van der Waals surface area contributed by atoms with Gasteiger partial charge < -0.3 is 14.7 Å². The van der Waals surface area contributed by atoms with Crippen LogP contribution in [0.1, 0.15) is 12.5 Å². The summed E-state index contributed by atoms with van der Waals surface area (Å²) in [6.45, 7) is 3.04. The molecule has 1 heterocycles. The third-order valence-electron chi connectivity index (χ3n) is 2.98. The van der Waals surface area contributed by atoms with Gasteiger partial charge in [0.15, 0.2) is 0 Å². The zero-order valence-corrected chi connectivity index (χ0v) is 9.43. The van der Waals surface area contributed by atoms with Crippen molar-refractivity contribution in [2.24, 2.45) is 0 Å². The van der Waals surface area contributed by atoms with Crippen LogP contribution in [0.4, 0.5) is 4.79 Å². The lowest BCUT2D eigenvalue weighted by Crippen LogP contribution is -2.49. The van der Waals surface area contributed by atoms with E-state index in [1.165, 1.54) is 0 Å². The molecule has 86 valence electrons. The van der Waals surface area contributed by atoms with Crippen LogP contribution in [0.3, 0.4) is 0 Å². The zero-order valence-electron chi connectivity index (χ0n) is 9.43. The predicted octanol–water partition coefficient (Wildman–Crippen LogP) is 1.73. The van der Waals surface area contributed by atoms with Crippen molar-refractivity contribution in [2.75, 3.05) is 20.2 Å². The number of ether oxygens (including phenoxy) is 1. The van der Waals surface area contributed by atoms with Gasteiger partial charge in [0, 0.05) is 19.0 Å². The Kier molecular flexibility index (Phi) is 2.50. The Balaban J connectivity index is 2.25. The number of phenolic OH excluding ortho intramolecular Hbond substituents is 1. The summed E-state index contributed by atoms with van der Waals surface area (Å²) in [5.41, 5.74) is 0.848. The van der Waals surface area contributed by atoms with E-state index in [9.17, 15) is 9.90 Å². The zero-order chi connectivity index (χ0) is 11.8. The van der Waals surface area contributed by atoms with Gasteiger partial charge in [-0.3, -0.25) is 0 Å². The van der Waals surface area contributed by atoms with Crippen molar-refractivity contribution >= 4 is 6.09 Å². The number of hydrogen-bond acceptors (Lipinski definition) is 3. The Morgan fingerprint density at radius 1 is 1.38 bits per heavy atom. The SMILES string of the molecule is CN1CC(C)(c2ccc(O)cc2)COC1=O. The van der Waals surface area contributed by atoms with E-state index in [4.69, 9.17) is 4.74 Å². The molecule has 4 nitrogen and oxygen atoms in total. The highest BCUT2D eigenvalue weighted by molar-refractivity contribution is 5.68. The van der Waals surface area contributed by atoms with E-state index in [0.717, 1.165) is 5.56 Å². The summed E-state index contributed by atoms with van der Waals surface area (Å²) in [6, 6.07) is 7.03. The van der Waals surface area contributed by atoms with Gasteiger partial charge >= 0.3 is 6.09 Å². The Labute approximate surface area is 94.4 Å². The van der Waals surface area contributed by atoms with Crippen LogP contribution in [0, 0.1) is 0 Å². The summed E-state index contributed by atoms with van der Waals surface area (Å²) in [6.07, 6.45) is -0.281. The van der Waals surface area contributed by atoms with E-state index < -0.39 is 0 Å². The lowest BCUT2D eigenvalue weighted by molar-refractivity contribution is 0.0429. The molecule has 0 spiro atoms. The number of rotatable bonds is 1. The third-order valence-corrected chi connectivity index (χ3v) is 2.98. The lowest BCUT2D eigenvalue weighted by atomic mass is 9.82. The predicted molar refractivity (Wildman–Crippen MR) is 59.4 cm³/mol. The van der Waals surface area contributed by atoms with Gasteiger partial charge in [-0.15, -0.1) is 0 Å². The average Bonchev–Trinajstić information content (AvgIpc) is 2.25. The second kappa shape index (κ2) is 3.70. The van der Waals surface area contributed by atoms with Crippen molar-refractivity contribution in [1.82, 2.24) is 4.90 Å². The fourth-order valence-corrected chi connectivity index (χ4v) is 2.00. The molecule has 16 heavy (non-hydrogen) atoms. The molecule has 1 N–H and O–H groups in total. The van der Waals surface area contributed by atoms with Gasteiger partial charge in [0.05, 0.1) is 0 Å². The first kappa shape index (κ1) is 10.8. The third kappa shape index (κ3) is 1.83. The number of aromatic hydroxyl groups is 1. The van der Waals surface area contributed by atoms with Crippen LogP contribution in [0.5, 0.6) is 5.75 Å². The number of cyclic esters (lactones) is 1. The van der Waals surface area contributed by atoms with E-state index in [1.807, 2.05) is 19.1 Å². The molecule has 0 saturated carbocycles. The molecule has 1 amide bonds. The fourth-order valence-electron chi connectivity index (χ4n) is 2.00. The van der Waals surface area contributed by atoms with E-state index in [0.29, 0.717) is 13.2 Å². The quantitative estimate of drug-likeness (QED) is 0.785. The van der Waals surface area contributed by atoms with Gasteiger partial charge in [-0.1, -0.05) is 19.1 Å². The highest BCUT2D eigenvalue weighted by atomic mass is 16.6. The number of carbonyl (C=O) groups excluding carboxylic acids is 1. The molecule has 1 aliphatic rings. The summed E-state index contributed by atoms with van der Waals surface area (Å²) in [7, 11) is 1.72. The van der Waals surface area contributed by atoms with Crippen LogP contribution in [-0.2, 0) is 10.2 Å². The molecular formula is C12H15NO3. The van der Waals surface area contributed by atoms with E-state index in [-0.39, 0.29) is 17.3 Å². The van der Waals surface area contributed by atoms with Crippen LogP contribution in [0.25, 0.3) is 0 Å². The van der Waals surface area contributed by atoms with Gasteiger partial charge in [-0.2, -0.15) is 0 Å². The van der Waals surface area contributed by atoms with Crippen molar-refractivity contribution in [1.29, 1.82) is 0 Å². The number of benzene rings is 1. The van der Waals surface area contributed by atoms with Crippen molar-refractivity contribution < 1.29 is 14.6 Å². The lowest BCUT2D eigenvalue weighted by Gasteiger charge is -2.38. The minimum absolute atomic E-state index is 0.212. The van der Waals surface area contributed by atoms with Gasteiger partial charge in [0.1, 0.15) is 12.4 Å². The Morgan fingerprint density at radius 3 is 2.56 bits per heavy atom. The first-order valence-electron chi connectivity index (χ1n) is 5.19. The number of likely N-dealkylation sites (N-methyl/N-ethyl adjacent to an activating group) is 1. The van der Waals surface area contributed by atoms with Gasteiger partial charge in [-0.05, 0) is 17.7 Å². The van der Waals surface area contributed by atoms with E-state index in [1.54, 1.807) is 24.1 Å². The molecule has 0 radical (unpaired) electrons. The van der Waals surface area contributed by atoms with E-state index >= 15 is 0 Å². The summed E-state index contributed by atoms with van der Waals surface area (Å²) in [5.74, 6) is 0.244. The molecule has 0 bridgehead atoms. The van der Waals surface area contributed by atoms with Gasteiger partial charge in [0.25, 0.3) is 0 Å². The molecule has 1 atom stereocenters. The van der Waals surface area contributed by atoms with Gasteiger partial charge in [-0.25, -0.2) is 4.79 Å². The highest BCUT2D eigenvalue weighted by Crippen LogP contribution is 2.29. The Morgan fingerprint density at radius 2 is 2.00 bits per heavy atom. The Bertz CT molecular complexity index is 401. The molecule has 1 aliphatic heterocycles. The molecule has 1 aromatic rings. The van der Waals surface area contributed by atoms with E-state index in [2.05, 4.69) is 0 Å². The standard InChI is InChI=1S/C12H15NO3/c1-12(7-13(2)11(15)16-8-12)9-3-5-10(14)6-4-9/h3-6,14H,7-8H2,1-2H3. The molecular weight excluding hydrogens is 206 g/mol. The average molecular weight is 221 g/mol. The largest absolute Gasteiger partial charge is 0.508 e. The summed E-state index contributed by atoms with van der Waals surface area (Å²) in [4.78, 5) is 12.8. The molecule has 0 aliphatic carbocycles. The molecule has 2 rings (SSSR count). The summed E-state index contributed by atoms with van der Waals surface area (Å²) < 4.78 is 5.11. The summed E-state index contributed by atoms with van der Waals surface area (Å²) >= 11 is 0. The monoisotopic (exact) mass is 221 g/mol. The highest BCUT2D eigenvalue weighted by Gasteiger charge is 2.36. The maximum absolute atomic E-state index is 11.2. The number of phenols is 1. The smallest absolute Gasteiger partial charge is 0.409 e. The minimum Gasteiger partial charge on any atom is -0.508 e. The molecule has 1 saturated heterocycles. The van der Waals surface area contributed by atoms with Crippen molar-refractivity contribution in [3.63, 3.8) is 0 Å². The molecule has 1 aromatic carbocycles. The van der Waals surface area contributed by atoms with Crippen LogP contribution >= 0.6 is 0 Å². The first-order chi connectivity index (χ1) is 7.51. The normalized spacial score (nSPS) is 25.4. The number of hydrogen-bond donors (Lipinski definition) is 1. The molecule has 4 heteroatoms. The van der Waals surface area contributed by atoms with Crippen LogP contribution in [0.15, 0.2) is 24.3 Å². The van der Waals surface area contributed by atoms with Crippen molar-refractivity contribution in [2.45, 2.75) is 12.3 Å². The number of amides is 1. The maximum Gasteiger partial charge on any atom is 0.409 e.